The Labute approximate surface area is 140 Å². The van der Waals surface area contributed by atoms with Gasteiger partial charge in [-0.15, -0.1) is 12.4 Å². The first-order valence-corrected chi connectivity index (χ1v) is 7.31. The molecule has 2 atom stereocenters. The second kappa shape index (κ2) is 7.09. The van der Waals surface area contributed by atoms with Crippen LogP contribution in [0.2, 0.25) is 0 Å². The third-order valence-corrected chi connectivity index (χ3v) is 4.40. The number of piperidine rings is 1. The van der Waals surface area contributed by atoms with E-state index in [4.69, 9.17) is 5.73 Å². The highest BCUT2D eigenvalue weighted by Crippen LogP contribution is 2.35. The fourth-order valence-electron chi connectivity index (χ4n) is 2.95. The Hall–Kier alpha value is -1.27. The maximum Gasteiger partial charge on any atom is 0.393 e. The lowest BCUT2D eigenvalue weighted by Crippen LogP contribution is -2.57. The van der Waals surface area contributed by atoms with Crippen LogP contribution in [0.25, 0.3) is 0 Å². The van der Waals surface area contributed by atoms with E-state index < -0.39 is 23.6 Å². The fraction of sp³-hybridized carbons (Fsp3) is 0.562. The van der Waals surface area contributed by atoms with E-state index in [0.717, 1.165) is 5.56 Å². The van der Waals surface area contributed by atoms with E-state index in [2.05, 4.69) is 0 Å². The van der Waals surface area contributed by atoms with Crippen LogP contribution >= 0.6 is 12.4 Å². The maximum absolute atomic E-state index is 12.8. The van der Waals surface area contributed by atoms with Crippen molar-refractivity contribution in [2.45, 2.75) is 37.9 Å². The van der Waals surface area contributed by atoms with E-state index in [0.29, 0.717) is 0 Å². The molecule has 0 aromatic heterocycles. The van der Waals surface area contributed by atoms with Crippen LogP contribution in [0.15, 0.2) is 30.3 Å². The number of amides is 1. The Morgan fingerprint density at radius 2 is 1.78 bits per heavy atom. The molecular formula is C16H22ClF3N2O. The highest BCUT2D eigenvalue weighted by molar-refractivity contribution is 5.87. The van der Waals surface area contributed by atoms with Crippen molar-refractivity contribution in [1.82, 2.24) is 4.90 Å². The third kappa shape index (κ3) is 4.18. The first kappa shape index (κ1) is 19.8. The first-order valence-electron chi connectivity index (χ1n) is 7.31. The fourth-order valence-corrected chi connectivity index (χ4v) is 2.95. The molecule has 1 aromatic carbocycles. The van der Waals surface area contributed by atoms with Gasteiger partial charge in [0, 0.05) is 19.1 Å². The van der Waals surface area contributed by atoms with Gasteiger partial charge in [0.25, 0.3) is 0 Å². The Morgan fingerprint density at radius 3 is 2.26 bits per heavy atom. The van der Waals surface area contributed by atoms with Gasteiger partial charge in [0.1, 0.15) is 0 Å². The van der Waals surface area contributed by atoms with E-state index in [1.807, 2.05) is 30.3 Å². The van der Waals surface area contributed by atoms with Gasteiger partial charge in [0.15, 0.2) is 0 Å². The molecule has 0 aliphatic carbocycles. The molecule has 2 rings (SSSR count). The van der Waals surface area contributed by atoms with Crippen LogP contribution in [0.3, 0.4) is 0 Å². The summed E-state index contributed by atoms with van der Waals surface area (Å²) in [6.45, 7) is 3.60. The van der Waals surface area contributed by atoms with Crippen molar-refractivity contribution >= 4 is 18.3 Å². The molecule has 2 N–H and O–H groups in total. The van der Waals surface area contributed by atoms with Crippen molar-refractivity contribution in [1.29, 1.82) is 0 Å². The van der Waals surface area contributed by atoms with Crippen LogP contribution in [0.4, 0.5) is 13.2 Å². The zero-order chi connectivity index (χ0) is 16.5. The van der Waals surface area contributed by atoms with Crippen molar-refractivity contribution in [2.75, 3.05) is 13.1 Å². The Balaban J connectivity index is 0.00000264. The van der Waals surface area contributed by atoms with Crippen LogP contribution in [-0.4, -0.2) is 36.1 Å². The molecule has 1 aliphatic heterocycles. The summed E-state index contributed by atoms with van der Waals surface area (Å²) in [4.78, 5) is 14.2. The summed E-state index contributed by atoms with van der Waals surface area (Å²) in [7, 11) is 0. The van der Waals surface area contributed by atoms with E-state index in [1.54, 1.807) is 13.8 Å². The van der Waals surface area contributed by atoms with E-state index >= 15 is 0 Å². The largest absolute Gasteiger partial charge is 0.393 e. The molecule has 0 spiro atoms. The van der Waals surface area contributed by atoms with Crippen LogP contribution < -0.4 is 5.73 Å². The van der Waals surface area contributed by atoms with Crippen molar-refractivity contribution in [3.05, 3.63) is 35.9 Å². The van der Waals surface area contributed by atoms with Crippen molar-refractivity contribution in [3.63, 3.8) is 0 Å². The number of benzene rings is 1. The van der Waals surface area contributed by atoms with Gasteiger partial charge in [-0.05, 0) is 25.8 Å². The maximum atomic E-state index is 12.8. The molecule has 1 heterocycles. The average Bonchev–Trinajstić information content (AvgIpc) is 2.46. The third-order valence-electron chi connectivity index (χ3n) is 4.40. The van der Waals surface area contributed by atoms with Gasteiger partial charge in [-0.25, -0.2) is 0 Å². The molecule has 23 heavy (non-hydrogen) atoms. The van der Waals surface area contributed by atoms with E-state index in [9.17, 15) is 18.0 Å². The molecule has 7 heteroatoms. The number of nitrogens with zero attached hydrogens (tertiary/aromatic N) is 1. The molecule has 1 fully saturated rings. The zero-order valence-electron chi connectivity index (χ0n) is 13.1. The molecule has 1 aliphatic rings. The second-order valence-corrected chi connectivity index (χ2v) is 6.34. The molecule has 3 nitrogen and oxygen atoms in total. The number of nitrogens with two attached hydrogens (primary N) is 1. The Kier molecular flexibility index (Phi) is 6.10. The van der Waals surface area contributed by atoms with Crippen LogP contribution in [0, 0.1) is 5.92 Å². The van der Waals surface area contributed by atoms with Gasteiger partial charge < -0.3 is 10.6 Å². The first-order chi connectivity index (χ1) is 10.1. The number of carbonyl (C=O) groups excluding carboxylic acids is 1. The summed E-state index contributed by atoms with van der Waals surface area (Å²) in [5, 5.41) is 0. The normalized spacial score (nSPS) is 22.4. The van der Waals surface area contributed by atoms with E-state index in [1.165, 1.54) is 4.90 Å². The highest BCUT2D eigenvalue weighted by Gasteiger charge is 2.47. The van der Waals surface area contributed by atoms with Gasteiger partial charge in [-0.1, -0.05) is 30.3 Å². The monoisotopic (exact) mass is 350 g/mol. The van der Waals surface area contributed by atoms with Gasteiger partial charge in [-0.3, -0.25) is 4.79 Å². The van der Waals surface area contributed by atoms with Crippen molar-refractivity contribution in [2.24, 2.45) is 11.7 Å². The lowest BCUT2D eigenvalue weighted by Gasteiger charge is -2.40. The molecule has 1 saturated heterocycles. The minimum Gasteiger partial charge on any atom is -0.340 e. The second-order valence-electron chi connectivity index (χ2n) is 6.34. The lowest BCUT2D eigenvalue weighted by atomic mass is 9.82. The van der Waals surface area contributed by atoms with Crippen LogP contribution in [-0.2, 0) is 10.2 Å². The molecule has 1 amide bonds. The average molecular weight is 351 g/mol. The van der Waals surface area contributed by atoms with Crippen molar-refractivity contribution in [3.8, 4) is 0 Å². The van der Waals surface area contributed by atoms with Crippen LogP contribution in [0.5, 0.6) is 0 Å². The summed E-state index contributed by atoms with van der Waals surface area (Å²) in [6.07, 6.45) is -4.44. The summed E-state index contributed by atoms with van der Waals surface area (Å²) in [6, 6.07) is 8.16. The number of alkyl halides is 3. The Bertz CT molecular complexity index is 534. The summed E-state index contributed by atoms with van der Waals surface area (Å²) >= 11 is 0. The summed E-state index contributed by atoms with van der Waals surface area (Å²) in [5.41, 5.74) is 5.72. The van der Waals surface area contributed by atoms with Gasteiger partial charge in [0.2, 0.25) is 5.91 Å². The summed E-state index contributed by atoms with van der Waals surface area (Å²) in [5.74, 6) is -1.72. The molecule has 130 valence electrons. The quantitative estimate of drug-likeness (QED) is 0.890. The van der Waals surface area contributed by atoms with Gasteiger partial charge >= 0.3 is 6.18 Å². The Morgan fingerprint density at radius 1 is 1.22 bits per heavy atom. The molecule has 0 radical (unpaired) electrons. The predicted molar refractivity (Wildman–Crippen MR) is 85.4 cm³/mol. The number of carbonyl (C=O) groups is 1. The number of rotatable bonds is 2. The molecule has 0 bridgehead atoms. The van der Waals surface area contributed by atoms with E-state index in [-0.39, 0.29) is 37.8 Å². The zero-order valence-corrected chi connectivity index (χ0v) is 14.0. The predicted octanol–water partition coefficient (Wildman–Crippen LogP) is 3.12. The summed E-state index contributed by atoms with van der Waals surface area (Å²) < 4.78 is 38.5. The molecular weight excluding hydrogens is 329 g/mol. The van der Waals surface area contributed by atoms with Gasteiger partial charge in [-0.2, -0.15) is 13.2 Å². The molecule has 2 unspecified atom stereocenters. The standard InChI is InChI=1S/C16H21F3N2O.ClH/c1-15(2,11-6-4-3-5-7-11)14(22)21-9-8-12(13(20)10-21)16(17,18)19;/h3-7,12-13H,8-10,20H2,1-2H3;1H. The van der Waals surface area contributed by atoms with Crippen molar-refractivity contribution < 1.29 is 18.0 Å². The minimum atomic E-state index is -4.30. The number of likely N-dealkylation sites (tertiary alicyclic amines) is 1. The highest BCUT2D eigenvalue weighted by atomic mass is 35.5. The number of halogens is 4. The number of hydrogen-bond acceptors (Lipinski definition) is 2. The minimum absolute atomic E-state index is 0. The number of hydrogen-bond donors (Lipinski definition) is 1. The smallest absolute Gasteiger partial charge is 0.340 e. The molecule has 0 saturated carbocycles. The molecule has 1 aromatic rings. The van der Waals surface area contributed by atoms with Crippen LogP contribution in [0.1, 0.15) is 25.8 Å². The van der Waals surface area contributed by atoms with Gasteiger partial charge in [0.05, 0.1) is 11.3 Å². The SMILES string of the molecule is CC(C)(C(=O)N1CCC(C(F)(F)F)C(N)C1)c1ccccc1.Cl. The topological polar surface area (TPSA) is 46.3 Å². The lowest BCUT2D eigenvalue weighted by molar-refractivity contribution is -0.191.